The van der Waals surface area contributed by atoms with Crippen LogP contribution in [-0.4, -0.2) is 55.0 Å². The highest BCUT2D eigenvalue weighted by atomic mass is 16.5. The van der Waals surface area contributed by atoms with Crippen LogP contribution in [0.2, 0.25) is 0 Å². The van der Waals surface area contributed by atoms with E-state index in [2.05, 4.69) is 10.6 Å². The number of esters is 1. The summed E-state index contributed by atoms with van der Waals surface area (Å²) in [6, 6.07) is 7.65. The maximum absolute atomic E-state index is 12.2. The number of amides is 2. The van der Waals surface area contributed by atoms with E-state index in [1.165, 1.54) is 5.56 Å². The lowest BCUT2D eigenvalue weighted by atomic mass is 10.1. The Hall–Kier alpha value is -2.41. The molecule has 0 unspecified atom stereocenters. The quantitative estimate of drug-likeness (QED) is 0.668. The van der Waals surface area contributed by atoms with Crippen LogP contribution >= 0.6 is 0 Å². The molecule has 7 nitrogen and oxygen atoms in total. The molecule has 7 heteroatoms. The van der Waals surface area contributed by atoms with Gasteiger partial charge in [-0.15, -0.1) is 0 Å². The van der Waals surface area contributed by atoms with E-state index in [0.717, 1.165) is 5.56 Å². The van der Waals surface area contributed by atoms with Gasteiger partial charge in [0.2, 0.25) is 11.8 Å². The van der Waals surface area contributed by atoms with Gasteiger partial charge in [-0.05, 0) is 19.4 Å². The lowest BCUT2D eigenvalue weighted by Crippen LogP contribution is -2.56. The Bertz CT molecular complexity index is 630. The van der Waals surface area contributed by atoms with Gasteiger partial charge < -0.3 is 15.4 Å². The first-order chi connectivity index (χ1) is 12.5. The molecule has 26 heavy (non-hydrogen) atoms. The van der Waals surface area contributed by atoms with Crippen molar-refractivity contribution in [1.82, 2.24) is 15.5 Å². The number of carbonyl (C=O) groups excluding carboxylic acids is 3. The maximum atomic E-state index is 12.2. The molecule has 2 N–H and O–H groups in total. The number of hydrogen-bond acceptors (Lipinski definition) is 5. The van der Waals surface area contributed by atoms with Crippen LogP contribution in [-0.2, 0) is 25.7 Å². The summed E-state index contributed by atoms with van der Waals surface area (Å²) < 4.78 is 4.82. The van der Waals surface area contributed by atoms with Crippen molar-refractivity contribution in [1.29, 1.82) is 0 Å². The Morgan fingerprint density at radius 1 is 1.31 bits per heavy atom. The van der Waals surface area contributed by atoms with E-state index < -0.39 is 6.04 Å². The summed E-state index contributed by atoms with van der Waals surface area (Å²) in [7, 11) is 0. The molecule has 1 atom stereocenters. The van der Waals surface area contributed by atoms with Crippen LogP contribution in [0.5, 0.6) is 0 Å². The molecule has 1 fully saturated rings. The number of benzene rings is 1. The fourth-order valence-corrected chi connectivity index (χ4v) is 2.89. The van der Waals surface area contributed by atoms with Gasteiger partial charge >= 0.3 is 5.97 Å². The Labute approximate surface area is 154 Å². The molecule has 1 saturated heterocycles. The average Bonchev–Trinajstić information content (AvgIpc) is 2.60. The van der Waals surface area contributed by atoms with E-state index in [0.29, 0.717) is 26.2 Å². The van der Waals surface area contributed by atoms with Crippen molar-refractivity contribution in [2.75, 3.05) is 26.2 Å². The molecule has 142 valence electrons. The zero-order chi connectivity index (χ0) is 18.9. The van der Waals surface area contributed by atoms with Crippen molar-refractivity contribution >= 4 is 17.8 Å². The summed E-state index contributed by atoms with van der Waals surface area (Å²) in [6.45, 7) is 6.19. The Morgan fingerprint density at radius 2 is 2.04 bits per heavy atom. The van der Waals surface area contributed by atoms with Crippen molar-refractivity contribution in [2.45, 2.75) is 39.3 Å². The summed E-state index contributed by atoms with van der Waals surface area (Å²) in [4.78, 5) is 37.7. The first-order valence-corrected chi connectivity index (χ1v) is 8.99. The van der Waals surface area contributed by atoms with Crippen molar-refractivity contribution < 1.29 is 19.1 Å². The molecular weight excluding hydrogens is 334 g/mol. The number of ether oxygens (including phenoxy) is 1. The third kappa shape index (κ3) is 6.15. The van der Waals surface area contributed by atoms with Gasteiger partial charge in [-0.25, -0.2) is 0 Å². The minimum Gasteiger partial charge on any atom is -0.466 e. The van der Waals surface area contributed by atoms with Gasteiger partial charge in [0.05, 0.1) is 25.5 Å². The third-order valence-electron chi connectivity index (χ3n) is 4.28. The van der Waals surface area contributed by atoms with Crippen LogP contribution in [0.25, 0.3) is 0 Å². The number of carbonyl (C=O) groups is 3. The fraction of sp³-hybridized carbons (Fsp3) is 0.526. The topological polar surface area (TPSA) is 87.7 Å². The van der Waals surface area contributed by atoms with Gasteiger partial charge in [0.1, 0.15) is 0 Å². The summed E-state index contributed by atoms with van der Waals surface area (Å²) >= 11 is 0. The summed E-state index contributed by atoms with van der Waals surface area (Å²) in [5.74, 6) is -0.724. The molecule has 1 heterocycles. The average molecular weight is 361 g/mol. The fourth-order valence-electron chi connectivity index (χ4n) is 2.89. The predicted molar refractivity (Wildman–Crippen MR) is 97.3 cm³/mol. The minimum atomic E-state index is -0.507. The van der Waals surface area contributed by atoms with Gasteiger partial charge in [0.15, 0.2) is 0 Å². The molecular formula is C19H27N3O4. The SMILES string of the molecule is CCOC(=O)CCNC(=O)C[C@@H]1C(=O)NCCN1Cc1ccc(C)cc1. The smallest absolute Gasteiger partial charge is 0.307 e. The van der Waals surface area contributed by atoms with Crippen LogP contribution in [0.15, 0.2) is 24.3 Å². The van der Waals surface area contributed by atoms with Crippen molar-refractivity contribution in [3.63, 3.8) is 0 Å². The molecule has 0 aromatic heterocycles. The molecule has 0 saturated carbocycles. The van der Waals surface area contributed by atoms with Crippen LogP contribution in [0.1, 0.15) is 30.9 Å². The van der Waals surface area contributed by atoms with E-state index >= 15 is 0 Å². The highest BCUT2D eigenvalue weighted by Gasteiger charge is 2.31. The molecule has 0 bridgehead atoms. The number of piperazine rings is 1. The van der Waals surface area contributed by atoms with E-state index in [4.69, 9.17) is 4.74 Å². The van der Waals surface area contributed by atoms with Gasteiger partial charge in [-0.2, -0.15) is 0 Å². The molecule has 2 rings (SSSR count). The summed E-state index contributed by atoms with van der Waals surface area (Å²) in [6.07, 6.45) is 0.198. The number of nitrogens with one attached hydrogen (secondary N) is 2. The monoisotopic (exact) mass is 361 g/mol. The Balaban J connectivity index is 1.88. The Morgan fingerprint density at radius 3 is 2.73 bits per heavy atom. The van der Waals surface area contributed by atoms with E-state index in [-0.39, 0.29) is 37.2 Å². The predicted octanol–water partition coefficient (Wildman–Crippen LogP) is 0.755. The zero-order valence-corrected chi connectivity index (χ0v) is 15.4. The molecule has 2 amide bonds. The van der Waals surface area contributed by atoms with Gasteiger partial charge in [-0.3, -0.25) is 19.3 Å². The molecule has 1 aliphatic rings. The van der Waals surface area contributed by atoms with Crippen LogP contribution in [0.3, 0.4) is 0 Å². The van der Waals surface area contributed by atoms with Crippen molar-refractivity contribution in [3.05, 3.63) is 35.4 Å². The number of aryl methyl sites for hydroxylation is 1. The Kier molecular flexibility index (Phi) is 7.59. The first kappa shape index (κ1) is 19.9. The van der Waals surface area contributed by atoms with Gasteiger partial charge in [-0.1, -0.05) is 29.8 Å². The summed E-state index contributed by atoms with van der Waals surface area (Å²) in [5.41, 5.74) is 2.29. The van der Waals surface area contributed by atoms with Crippen LogP contribution in [0, 0.1) is 6.92 Å². The minimum absolute atomic E-state index is 0.0700. The molecule has 0 aliphatic carbocycles. The molecule has 0 radical (unpaired) electrons. The maximum Gasteiger partial charge on any atom is 0.307 e. The number of nitrogens with zero attached hydrogens (tertiary/aromatic N) is 1. The second-order valence-corrected chi connectivity index (χ2v) is 6.37. The lowest BCUT2D eigenvalue weighted by Gasteiger charge is -2.34. The number of rotatable bonds is 8. The van der Waals surface area contributed by atoms with E-state index in [1.54, 1.807) is 6.92 Å². The third-order valence-corrected chi connectivity index (χ3v) is 4.28. The summed E-state index contributed by atoms with van der Waals surface area (Å²) in [5, 5.41) is 5.50. The number of hydrogen-bond donors (Lipinski definition) is 2. The van der Waals surface area contributed by atoms with Gasteiger partial charge in [0.25, 0.3) is 0 Å². The van der Waals surface area contributed by atoms with Crippen molar-refractivity contribution in [2.24, 2.45) is 0 Å². The second kappa shape index (κ2) is 9.91. The molecule has 0 spiro atoms. The molecule has 1 aromatic carbocycles. The van der Waals surface area contributed by atoms with E-state index in [9.17, 15) is 14.4 Å². The highest BCUT2D eigenvalue weighted by Crippen LogP contribution is 2.14. The van der Waals surface area contributed by atoms with Gasteiger partial charge in [0, 0.05) is 26.2 Å². The molecule has 1 aromatic rings. The van der Waals surface area contributed by atoms with E-state index in [1.807, 2.05) is 36.1 Å². The first-order valence-electron chi connectivity index (χ1n) is 8.99. The largest absolute Gasteiger partial charge is 0.466 e. The second-order valence-electron chi connectivity index (χ2n) is 6.37. The standard InChI is InChI=1S/C19H27N3O4/c1-3-26-18(24)8-9-20-17(23)12-16-19(25)21-10-11-22(16)13-15-6-4-14(2)5-7-15/h4-7,16H,3,8-13H2,1-2H3,(H,20,23)(H,21,25)/t16-/m1/s1. The normalized spacial score (nSPS) is 17.5. The van der Waals surface area contributed by atoms with Crippen LogP contribution in [0.4, 0.5) is 0 Å². The molecule has 1 aliphatic heterocycles. The zero-order valence-electron chi connectivity index (χ0n) is 15.4. The van der Waals surface area contributed by atoms with Crippen molar-refractivity contribution in [3.8, 4) is 0 Å². The lowest BCUT2D eigenvalue weighted by molar-refractivity contribution is -0.143. The van der Waals surface area contributed by atoms with Crippen LogP contribution < -0.4 is 10.6 Å². The highest BCUT2D eigenvalue weighted by molar-refractivity contribution is 5.89.